The van der Waals surface area contributed by atoms with Gasteiger partial charge in [0.05, 0.1) is 6.61 Å². The Morgan fingerprint density at radius 3 is 1.27 bits per heavy atom. The van der Waals surface area contributed by atoms with Crippen molar-refractivity contribution in [2.24, 2.45) is 0 Å². The third-order valence-electron chi connectivity index (χ3n) is 9.25. The first kappa shape index (κ1) is 46.4. The minimum absolute atomic E-state index is 0.0671. The summed E-state index contributed by atoms with van der Waals surface area (Å²) in [5, 5.41) is 9.56. The largest absolute Gasteiger partial charge is 0.462 e. The lowest BCUT2D eigenvalue weighted by Crippen LogP contribution is -2.28. The third-order valence-corrected chi connectivity index (χ3v) is 9.25. The van der Waals surface area contributed by atoms with Crippen LogP contribution in [0.25, 0.3) is 0 Å². The molecular weight excluding hydrogens is 596 g/mol. The van der Waals surface area contributed by atoms with Crippen molar-refractivity contribution in [3.63, 3.8) is 0 Å². The fraction of sp³-hybridized carbons (Fsp3) is 0.860. The molecule has 1 unspecified atom stereocenters. The van der Waals surface area contributed by atoms with E-state index in [1.807, 2.05) is 0 Å². The van der Waals surface area contributed by atoms with Crippen LogP contribution in [0.1, 0.15) is 219 Å². The summed E-state index contributed by atoms with van der Waals surface area (Å²) in [4.78, 5) is 24.3. The van der Waals surface area contributed by atoms with Gasteiger partial charge < -0.3 is 14.6 Å². The van der Waals surface area contributed by atoms with Crippen LogP contribution in [-0.4, -0.2) is 36.4 Å². The van der Waals surface area contributed by atoms with Crippen LogP contribution in [0, 0.1) is 0 Å². The Kier molecular flexibility index (Phi) is 38.5. The van der Waals surface area contributed by atoms with Gasteiger partial charge in [0.15, 0.2) is 6.10 Å². The van der Waals surface area contributed by atoms with Crippen molar-refractivity contribution in [2.45, 2.75) is 225 Å². The quantitative estimate of drug-likeness (QED) is 0.0400. The van der Waals surface area contributed by atoms with E-state index in [4.69, 9.17) is 9.47 Å². The molecule has 0 aliphatic carbocycles. The zero-order chi connectivity index (χ0) is 35.0. The second-order valence-electron chi connectivity index (χ2n) is 14.1. The topological polar surface area (TPSA) is 72.8 Å². The minimum atomic E-state index is -0.774. The summed E-state index contributed by atoms with van der Waals surface area (Å²) in [5.41, 5.74) is 0. The summed E-state index contributed by atoms with van der Waals surface area (Å²) < 4.78 is 10.6. The number of hydrogen-bond acceptors (Lipinski definition) is 5. The number of ether oxygens (including phenoxy) is 2. The molecule has 0 aromatic carbocycles. The lowest BCUT2D eigenvalue weighted by atomic mass is 10.0. The highest BCUT2D eigenvalue weighted by molar-refractivity contribution is 5.70. The average Bonchev–Trinajstić information content (AvgIpc) is 3.09. The zero-order valence-corrected chi connectivity index (χ0v) is 32.0. The standard InChI is InChI=1S/C43H80O5/c1-3-5-7-9-11-13-15-17-19-20-21-22-24-25-27-29-31-33-35-37-42(45)47-40-41(39-44)48-43(46)38-36-34-32-30-28-26-23-18-16-14-12-10-8-6-4-2/h12,14,18,23,41,44H,3-11,13,15-17,19-22,24-40H2,1-2H3/b14-12-,23-18-. The van der Waals surface area contributed by atoms with Crippen molar-refractivity contribution in [1.29, 1.82) is 0 Å². The molecule has 0 rings (SSSR count). The summed E-state index contributed by atoms with van der Waals surface area (Å²) in [7, 11) is 0. The number of unbranched alkanes of at least 4 members (excludes halogenated alkanes) is 26. The second-order valence-corrected chi connectivity index (χ2v) is 14.1. The fourth-order valence-corrected chi connectivity index (χ4v) is 6.06. The highest BCUT2D eigenvalue weighted by Gasteiger charge is 2.16. The van der Waals surface area contributed by atoms with Crippen LogP contribution in [0.15, 0.2) is 24.3 Å². The van der Waals surface area contributed by atoms with Gasteiger partial charge in [0.1, 0.15) is 6.61 Å². The van der Waals surface area contributed by atoms with E-state index in [1.54, 1.807) is 0 Å². The first-order chi connectivity index (χ1) is 23.6. The number of allylic oxidation sites excluding steroid dienone is 4. The summed E-state index contributed by atoms with van der Waals surface area (Å²) in [6.45, 7) is 4.12. The van der Waals surface area contributed by atoms with E-state index in [9.17, 15) is 14.7 Å². The number of carbonyl (C=O) groups is 2. The van der Waals surface area contributed by atoms with E-state index in [2.05, 4.69) is 38.2 Å². The molecular formula is C43H80O5. The van der Waals surface area contributed by atoms with Crippen LogP contribution >= 0.6 is 0 Å². The summed E-state index contributed by atoms with van der Waals surface area (Å²) >= 11 is 0. The maximum absolute atomic E-state index is 12.2. The summed E-state index contributed by atoms with van der Waals surface area (Å²) in [6, 6.07) is 0. The Morgan fingerprint density at radius 2 is 0.833 bits per heavy atom. The minimum Gasteiger partial charge on any atom is -0.462 e. The van der Waals surface area contributed by atoms with Gasteiger partial charge in [-0.2, -0.15) is 0 Å². The molecule has 0 heterocycles. The Hall–Kier alpha value is -1.62. The SMILES string of the molecule is CCCCC/C=C\C/C=C\CCCCCCCC(=O)OC(CO)COC(=O)CCCCCCCCCCCCCCCCCCCCC. The van der Waals surface area contributed by atoms with Crippen LogP contribution in [0.5, 0.6) is 0 Å². The third kappa shape index (κ3) is 37.2. The molecule has 0 saturated heterocycles. The highest BCUT2D eigenvalue weighted by Crippen LogP contribution is 2.15. The predicted octanol–water partition coefficient (Wildman–Crippen LogP) is 13.1. The lowest BCUT2D eigenvalue weighted by molar-refractivity contribution is -0.161. The van der Waals surface area contributed by atoms with E-state index >= 15 is 0 Å². The Balaban J connectivity index is 3.52. The molecule has 0 aliphatic rings. The average molecular weight is 677 g/mol. The van der Waals surface area contributed by atoms with E-state index in [-0.39, 0.29) is 25.2 Å². The van der Waals surface area contributed by atoms with Gasteiger partial charge in [-0.3, -0.25) is 9.59 Å². The summed E-state index contributed by atoms with van der Waals surface area (Å²) in [5.74, 6) is -0.597. The first-order valence-electron chi connectivity index (χ1n) is 20.9. The van der Waals surface area contributed by atoms with Gasteiger partial charge in [-0.15, -0.1) is 0 Å². The second kappa shape index (κ2) is 39.8. The van der Waals surface area contributed by atoms with Crippen molar-refractivity contribution in [1.82, 2.24) is 0 Å². The van der Waals surface area contributed by atoms with Crippen molar-refractivity contribution in [3.05, 3.63) is 24.3 Å². The maximum atomic E-state index is 12.2. The molecule has 0 radical (unpaired) electrons. The molecule has 282 valence electrons. The molecule has 0 aromatic heterocycles. The van der Waals surface area contributed by atoms with Gasteiger partial charge in [0, 0.05) is 12.8 Å². The number of aliphatic hydroxyl groups is 1. The molecule has 1 atom stereocenters. The van der Waals surface area contributed by atoms with E-state index in [0.717, 1.165) is 51.4 Å². The molecule has 0 bridgehead atoms. The zero-order valence-electron chi connectivity index (χ0n) is 32.0. The molecule has 0 fully saturated rings. The van der Waals surface area contributed by atoms with Crippen LogP contribution in [0.3, 0.4) is 0 Å². The van der Waals surface area contributed by atoms with E-state index < -0.39 is 6.10 Å². The number of aliphatic hydroxyl groups excluding tert-OH is 1. The van der Waals surface area contributed by atoms with Gasteiger partial charge in [0.25, 0.3) is 0 Å². The monoisotopic (exact) mass is 677 g/mol. The van der Waals surface area contributed by atoms with Crippen molar-refractivity contribution in [2.75, 3.05) is 13.2 Å². The van der Waals surface area contributed by atoms with Crippen LogP contribution in [0.2, 0.25) is 0 Å². The molecule has 0 saturated carbocycles. The molecule has 0 aromatic rings. The molecule has 5 nitrogen and oxygen atoms in total. The molecule has 5 heteroatoms. The smallest absolute Gasteiger partial charge is 0.306 e. The lowest BCUT2D eigenvalue weighted by Gasteiger charge is -2.15. The molecule has 48 heavy (non-hydrogen) atoms. The van der Waals surface area contributed by atoms with Gasteiger partial charge in [-0.05, 0) is 44.9 Å². The van der Waals surface area contributed by atoms with Gasteiger partial charge in [0.2, 0.25) is 0 Å². The number of hydrogen-bond donors (Lipinski definition) is 1. The predicted molar refractivity (Wildman–Crippen MR) is 205 cm³/mol. The van der Waals surface area contributed by atoms with Crippen LogP contribution in [-0.2, 0) is 19.1 Å². The van der Waals surface area contributed by atoms with Crippen LogP contribution in [0.4, 0.5) is 0 Å². The van der Waals surface area contributed by atoms with Crippen molar-refractivity contribution in [3.8, 4) is 0 Å². The fourth-order valence-electron chi connectivity index (χ4n) is 6.06. The van der Waals surface area contributed by atoms with Gasteiger partial charge in [-0.25, -0.2) is 0 Å². The molecule has 0 amide bonds. The van der Waals surface area contributed by atoms with Crippen molar-refractivity contribution >= 4 is 11.9 Å². The highest BCUT2D eigenvalue weighted by atomic mass is 16.6. The normalized spacial score (nSPS) is 12.3. The Morgan fingerprint density at radius 1 is 0.479 bits per heavy atom. The maximum Gasteiger partial charge on any atom is 0.306 e. The van der Waals surface area contributed by atoms with Crippen molar-refractivity contribution < 1.29 is 24.2 Å². The van der Waals surface area contributed by atoms with E-state index in [0.29, 0.717) is 12.8 Å². The van der Waals surface area contributed by atoms with E-state index in [1.165, 1.54) is 141 Å². The summed E-state index contributed by atoms with van der Waals surface area (Å²) in [6.07, 6.45) is 46.7. The molecule has 1 N–H and O–H groups in total. The molecule has 0 spiro atoms. The first-order valence-corrected chi connectivity index (χ1v) is 20.9. The number of carbonyl (C=O) groups excluding carboxylic acids is 2. The van der Waals surface area contributed by atoms with Crippen LogP contribution < -0.4 is 0 Å². The number of rotatable bonds is 38. The van der Waals surface area contributed by atoms with Gasteiger partial charge >= 0.3 is 11.9 Å². The Bertz CT molecular complexity index is 731. The van der Waals surface area contributed by atoms with Gasteiger partial charge in [-0.1, -0.05) is 186 Å². The molecule has 0 aliphatic heterocycles. The Labute approximate surface area is 298 Å². The number of esters is 2.